The lowest BCUT2D eigenvalue weighted by Gasteiger charge is -2.28. The van der Waals surface area contributed by atoms with Crippen LogP contribution in [0.4, 0.5) is 0 Å². The molecule has 1 aromatic rings. The Hall–Kier alpha value is -2.95. The van der Waals surface area contributed by atoms with E-state index in [1.165, 1.54) is 12.5 Å². The van der Waals surface area contributed by atoms with Gasteiger partial charge in [0.2, 0.25) is 17.7 Å². The number of imidazole rings is 1. The fourth-order valence-corrected chi connectivity index (χ4v) is 3.11. The molecule has 11 nitrogen and oxygen atoms in total. The van der Waals surface area contributed by atoms with E-state index in [0.717, 1.165) is 0 Å². The Balaban J connectivity index is 3.04. The van der Waals surface area contributed by atoms with Crippen molar-refractivity contribution < 1.29 is 24.3 Å². The Bertz CT molecular complexity index is 795. The first-order valence-electron chi connectivity index (χ1n) is 11.3. The summed E-state index contributed by atoms with van der Waals surface area (Å²) in [6, 6.07) is -3.90. The predicted molar refractivity (Wildman–Crippen MR) is 123 cm³/mol. The quantitative estimate of drug-likeness (QED) is 0.240. The van der Waals surface area contributed by atoms with E-state index in [-0.39, 0.29) is 24.2 Å². The highest BCUT2D eigenvalue weighted by molar-refractivity contribution is 5.94. The van der Waals surface area contributed by atoms with Gasteiger partial charge in [-0.1, -0.05) is 48.0 Å². The van der Waals surface area contributed by atoms with Gasteiger partial charge in [0.05, 0.1) is 12.4 Å². The van der Waals surface area contributed by atoms with Crippen molar-refractivity contribution >= 4 is 23.7 Å². The first-order valence-corrected chi connectivity index (χ1v) is 11.3. The van der Waals surface area contributed by atoms with E-state index in [0.29, 0.717) is 12.1 Å². The number of carboxylic acid groups (broad SMARTS) is 1. The Labute approximate surface area is 194 Å². The normalized spacial score (nSPS) is 15.9. The van der Waals surface area contributed by atoms with Crippen LogP contribution < -0.4 is 21.7 Å². The Morgan fingerprint density at radius 1 is 0.970 bits per heavy atom. The lowest BCUT2D eigenvalue weighted by Crippen LogP contribution is -2.59. The molecule has 0 radical (unpaired) electrons. The third-order valence-electron chi connectivity index (χ3n) is 5.66. The average Bonchev–Trinajstić information content (AvgIpc) is 3.26. The number of carbonyl (C=O) groups is 4. The molecule has 5 atom stereocenters. The second-order valence-electron chi connectivity index (χ2n) is 9.05. The molecule has 0 saturated carbocycles. The molecule has 0 fully saturated rings. The molecule has 1 rings (SSSR count). The van der Waals surface area contributed by atoms with Gasteiger partial charge in [-0.3, -0.25) is 14.4 Å². The van der Waals surface area contributed by atoms with Gasteiger partial charge >= 0.3 is 5.97 Å². The molecule has 7 N–H and O–H groups in total. The number of carboxylic acids is 1. The minimum atomic E-state index is -1.14. The van der Waals surface area contributed by atoms with E-state index in [9.17, 15) is 24.3 Å². The number of rotatable bonds is 13. The summed E-state index contributed by atoms with van der Waals surface area (Å²) in [4.78, 5) is 57.0. The number of nitrogens with zero attached hydrogens (tertiary/aromatic N) is 1. The van der Waals surface area contributed by atoms with Crippen molar-refractivity contribution in [3.63, 3.8) is 0 Å². The highest BCUT2D eigenvalue weighted by Gasteiger charge is 2.33. The molecule has 0 aromatic carbocycles. The van der Waals surface area contributed by atoms with Gasteiger partial charge in [0.25, 0.3) is 0 Å². The number of amides is 3. The van der Waals surface area contributed by atoms with E-state index in [4.69, 9.17) is 5.73 Å². The van der Waals surface area contributed by atoms with Crippen molar-refractivity contribution in [3.05, 3.63) is 18.2 Å². The second-order valence-corrected chi connectivity index (χ2v) is 9.05. The monoisotopic (exact) mass is 466 g/mol. The summed E-state index contributed by atoms with van der Waals surface area (Å²) in [5, 5.41) is 17.3. The topological polar surface area (TPSA) is 179 Å². The second kappa shape index (κ2) is 12.9. The van der Waals surface area contributed by atoms with Crippen LogP contribution in [-0.4, -0.2) is 62.9 Å². The summed E-state index contributed by atoms with van der Waals surface area (Å²) in [5.41, 5.74) is 6.53. The van der Waals surface area contributed by atoms with E-state index >= 15 is 0 Å². The molecule has 11 heteroatoms. The van der Waals surface area contributed by atoms with Gasteiger partial charge in [-0.05, 0) is 17.8 Å². The highest BCUT2D eigenvalue weighted by atomic mass is 16.4. The molecule has 0 aliphatic heterocycles. The van der Waals surface area contributed by atoms with Gasteiger partial charge in [-0.15, -0.1) is 0 Å². The molecular weight excluding hydrogens is 428 g/mol. The van der Waals surface area contributed by atoms with Crippen LogP contribution in [0.5, 0.6) is 0 Å². The summed E-state index contributed by atoms with van der Waals surface area (Å²) in [5.74, 6) is -3.57. The molecule has 5 unspecified atom stereocenters. The van der Waals surface area contributed by atoms with E-state index in [1.807, 2.05) is 6.92 Å². The fraction of sp³-hybridized carbons (Fsp3) is 0.682. The molecule has 0 saturated heterocycles. The van der Waals surface area contributed by atoms with Gasteiger partial charge in [-0.25, -0.2) is 9.78 Å². The Kier molecular flexibility index (Phi) is 11.0. The average molecular weight is 467 g/mol. The van der Waals surface area contributed by atoms with Crippen LogP contribution in [0.1, 0.15) is 53.7 Å². The molecule has 0 bridgehead atoms. The smallest absolute Gasteiger partial charge is 0.326 e. The number of aliphatic carboxylic acids is 1. The van der Waals surface area contributed by atoms with Crippen molar-refractivity contribution in [1.29, 1.82) is 0 Å². The minimum absolute atomic E-state index is 0.111. The molecular formula is C22H38N6O5. The number of carbonyl (C=O) groups excluding carboxylic acids is 3. The van der Waals surface area contributed by atoms with Crippen molar-refractivity contribution in [3.8, 4) is 0 Å². The molecule has 0 aliphatic carbocycles. The van der Waals surface area contributed by atoms with Crippen LogP contribution in [-0.2, 0) is 25.6 Å². The summed E-state index contributed by atoms with van der Waals surface area (Å²) in [7, 11) is 0. The number of hydrogen-bond donors (Lipinski definition) is 6. The van der Waals surface area contributed by atoms with Crippen molar-refractivity contribution in [2.45, 2.75) is 78.6 Å². The molecule has 1 aromatic heterocycles. The van der Waals surface area contributed by atoms with Gasteiger partial charge < -0.3 is 31.8 Å². The molecule has 1 heterocycles. The summed E-state index contributed by atoms with van der Waals surface area (Å²) in [6.45, 7) is 10.6. The van der Waals surface area contributed by atoms with Crippen molar-refractivity contribution in [1.82, 2.24) is 25.9 Å². The van der Waals surface area contributed by atoms with Crippen molar-refractivity contribution in [2.24, 2.45) is 23.5 Å². The van der Waals surface area contributed by atoms with E-state index in [2.05, 4.69) is 25.9 Å². The van der Waals surface area contributed by atoms with E-state index in [1.54, 1.807) is 34.6 Å². The van der Waals surface area contributed by atoms with Crippen LogP contribution >= 0.6 is 0 Å². The number of aromatic amines is 1. The largest absolute Gasteiger partial charge is 0.480 e. The zero-order valence-electron chi connectivity index (χ0n) is 20.2. The third-order valence-corrected chi connectivity index (χ3v) is 5.66. The Morgan fingerprint density at radius 2 is 1.58 bits per heavy atom. The van der Waals surface area contributed by atoms with E-state index < -0.39 is 47.9 Å². The van der Waals surface area contributed by atoms with Gasteiger partial charge in [0.15, 0.2) is 0 Å². The van der Waals surface area contributed by atoms with Crippen LogP contribution in [0.3, 0.4) is 0 Å². The van der Waals surface area contributed by atoms with Gasteiger partial charge in [-0.2, -0.15) is 0 Å². The summed E-state index contributed by atoms with van der Waals surface area (Å²) in [6.07, 6.45) is 3.66. The molecule has 33 heavy (non-hydrogen) atoms. The van der Waals surface area contributed by atoms with Gasteiger partial charge in [0.1, 0.15) is 18.1 Å². The zero-order valence-corrected chi connectivity index (χ0v) is 20.2. The Morgan fingerprint density at radius 3 is 2.03 bits per heavy atom. The summed E-state index contributed by atoms with van der Waals surface area (Å²) >= 11 is 0. The first kappa shape index (κ1) is 28.1. The van der Waals surface area contributed by atoms with Crippen LogP contribution in [0.25, 0.3) is 0 Å². The SMILES string of the molecule is CCC(C)C(NC(=O)C(NC(=O)C(Cc1cnc[nH]1)NC(=O)C(N)C(C)C)C(C)C)C(=O)O. The number of nitrogens with one attached hydrogen (secondary N) is 4. The number of H-pyrrole nitrogens is 1. The van der Waals surface area contributed by atoms with Crippen LogP contribution in [0.15, 0.2) is 12.5 Å². The maximum atomic E-state index is 13.1. The summed E-state index contributed by atoms with van der Waals surface area (Å²) < 4.78 is 0. The molecule has 0 aliphatic rings. The maximum Gasteiger partial charge on any atom is 0.326 e. The maximum absolute atomic E-state index is 13.1. The minimum Gasteiger partial charge on any atom is -0.480 e. The number of nitrogens with two attached hydrogens (primary N) is 1. The first-order chi connectivity index (χ1) is 15.4. The zero-order chi connectivity index (χ0) is 25.3. The highest BCUT2D eigenvalue weighted by Crippen LogP contribution is 2.11. The lowest BCUT2D eigenvalue weighted by atomic mass is 9.97. The third kappa shape index (κ3) is 8.49. The number of hydrogen-bond acceptors (Lipinski definition) is 6. The molecule has 0 spiro atoms. The lowest BCUT2D eigenvalue weighted by molar-refractivity contribution is -0.144. The fourth-order valence-electron chi connectivity index (χ4n) is 3.11. The van der Waals surface area contributed by atoms with Crippen LogP contribution in [0.2, 0.25) is 0 Å². The standard InChI is InChI=1S/C22H38N6O5/c1-7-13(6)18(22(32)33)28-21(31)17(12(4)5)27-19(29)15(8-14-9-24-10-25-14)26-20(30)16(23)11(2)3/h9-13,15-18H,7-8,23H2,1-6H3,(H,24,25)(H,26,30)(H,27,29)(H,28,31)(H,32,33). The van der Waals surface area contributed by atoms with Gasteiger partial charge in [0, 0.05) is 18.3 Å². The molecule has 3 amide bonds. The molecule has 186 valence electrons. The number of aromatic nitrogens is 2. The predicted octanol–water partition coefficient (Wildman–Crippen LogP) is 0.177. The van der Waals surface area contributed by atoms with Crippen molar-refractivity contribution in [2.75, 3.05) is 0 Å². The van der Waals surface area contributed by atoms with Crippen LogP contribution in [0, 0.1) is 17.8 Å².